The summed E-state index contributed by atoms with van der Waals surface area (Å²) in [5.41, 5.74) is 0. The Morgan fingerprint density at radius 2 is 2.00 bits per heavy atom. The molecule has 0 saturated heterocycles. The molecule has 3 nitrogen and oxygen atoms in total. The summed E-state index contributed by atoms with van der Waals surface area (Å²) < 4.78 is 0. The van der Waals surface area contributed by atoms with Crippen molar-refractivity contribution < 1.29 is 14.7 Å². The van der Waals surface area contributed by atoms with Crippen LogP contribution in [0.25, 0.3) is 0 Å². The van der Waals surface area contributed by atoms with Crippen LogP contribution in [-0.2, 0) is 9.59 Å². The maximum Gasteiger partial charge on any atom is 0.372 e. The van der Waals surface area contributed by atoms with E-state index in [1.54, 1.807) is 11.8 Å². The summed E-state index contributed by atoms with van der Waals surface area (Å²) in [5, 5.41) is 8.18. The number of aliphatic carboxylic acids is 1. The molecule has 0 aromatic heterocycles. The summed E-state index contributed by atoms with van der Waals surface area (Å²) in [4.78, 5) is 20.5. The lowest BCUT2D eigenvalue weighted by Gasteiger charge is -1.94. The van der Waals surface area contributed by atoms with E-state index < -0.39 is 11.8 Å². The minimum Gasteiger partial charge on any atom is -0.476 e. The number of ketones is 1. The standard InChI is InChI=1S/C7H12O3S/c1-11-5-3-2-4-6(8)7(9)10/h2-5H2,1H3,(H,9,10). The van der Waals surface area contributed by atoms with E-state index in [9.17, 15) is 9.59 Å². The maximum atomic E-state index is 10.5. The molecule has 0 aromatic rings. The molecule has 11 heavy (non-hydrogen) atoms. The van der Waals surface area contributed by atoms with Crippen molar-refractivity contribution in [1.82, 2.24) is 0 Å². The van der Waals surface area contributed by atoms with Gasteiger partial charge < -0.3 is 5.11 Å². The normalized spacial score (nSPS) is 9.55. The van der Waals surface area contributed by atoms with E-state index in [1.165, 1.54) is 0 Å². The van der Waals surface area contributed by atoms with Crippen LogP contribution in [0.2, 0.25) is 0 Å². The Morgan fingerprint density at radius 1 is 1.36 bits per heavy atom. The largest absolute Gasteiger partial charge is 0.476 e. The average molecular weight is 176 g/mol. The third kappa shape index (κ3) is 5.91. The number of rotatable bonds is 6. The first-order valence-electron chi connectivity index (χ1n) is 3.43. The van der Waals surface area contributed by atoms with E-state index in [4.69, 9.17) is 5.11 Å². The zero-order valence-electron chi connectivity index (χ0n) is 6.50. The summed E-state index contributed by atoms with van der Waals surface area (Å²) in [5.74, 6) is -0.993. The van der Waals surface area contributed by atoms with Crippen LogP contribution >= 0.6 is 11.8 Å². The first kappa shape index (κ1) is 10.5. The first-order chi connectivity index (χ1) is 5.18. The smallest absolute Gasteiger partial charge is 0.372 e. The fraction of sp³-hybridized carbons (Fsp3) is 0.714. The highest BCUT2D eigenvalue weighted by Crippen LogP contribution is 2.02. The second-order valence-corrected chi connectivity index (χ2v) is 3.16. The molecule has 0 amide bonds. The highest BCUT2D eigenvalue weighted by atomic mass is 32.2. The molecule has 0 atom stereocenters. The monoisotopic (exact) mass is 176 g/mol. The number of carboxylic acids is 1. The summed E-state index contributed by atoms with van der Waals surface area (Å²) in [7, 11) is 0. The molecule has 0 saturated carbocycles. The predicted molar refractivity (Wildman–Crippen MR) is 44.9 cm³/mol. The minimum absolute atomic E-state index is 0.176. The van der Waals surface area contributed by atoms with Crippen molar-refractivity contribution in [2.45, 2.75) is 19.3 Å². The maximum absolute atomic E-state index is 10.5. The summed E-state index contributed by atoms with van der Waals surface area (Å²) in [6, 6.07) is 0. The van der Waals surface area contributed by atoms with Gasteiger partial charge in [-0.2, -0.15) is 11.8 Å². The van der Waals surface area contributed by atoms with E-state index in [0.717, 1.165) is 12.2 Å². The quantitative estimate of drug-likeness (QED) is 0.487. The van der Waals surface area contributed by atoms with Crippen LogP contribution in [0.3, 0.4) is 0 Å². The van der Waals surface area contributed by atoms with Gasteiger partial charge >= 0.3 is 5.97 Å². The van der Waals surface area contributed by atoms with Crippen LogP contribution in [0.4, 0.5) is 0 Å². The summed E-state index contributed by atoms with van der Waals surface area (Å²) >= 11 is 1.70. The average Bonchev–Trinajstić information content (AvgIpc) is 1.97. The molecule has 0 heterocycles. The van der Waals surface area contributed by atoms with Crippen molar-refractivity contribution >= 4 is 23.5 Å². The zero-order valence-corrected chi connectivity index (χ0v) is 7.32. The number of thioether (sulfide) groups is 1. The van der Waals surface area contributed by atoms with Crippen LogP contribution in [-0.4, -0.2) is 28.9 Å². The van der Waals surface area contributed by atoms with Gasteiger partial charge in [-0.15, -0.1) is 0 Å². The molecule has 64 valence electrons. The molecular weight excluding hydrogens is 164 g/mol. The van der Waals surface area contributed by atoms with Crippen molar-refractivity contribution in [2.75, 3.05) is 12.0 Å². The van der Waals surface area contributed by atoms with E-state index >= 15 is 0 Å². The molecule has 0 rings (SSSR count). The number of carbonyl (C=O) groups is 2. The van der Waals surface area contributed by atoms with Gasteiger partial charge in [-0.1, -0.05) is 0 Å². The van der Waals surface area contributed by atoms with Gasteiger partial charge in [0.2, 0.25) is 5.78 Å². The first-order valence-corrected chi connectivity index (χ1v) is 4.83. The summed E-state index contributed by atoms with van der Waals surface area (Å²) in [6.07, 6.45) is 3.76. The van der Waals surface area contributed by atoms with E-state index in [2.05, 4.69) is 0 Å². The molecule has 0 bridgehead atoms. The predicted octanol–water partition coefficient (Wildman–Crippen LogP) is 1.17. The Morgan fingerprint density at radius 3 is 2.45 bits per heavy atom. The molecular formula is C7H12O3S. The number of hydrogen-bond acceptors (Lipinski definition) is 3. The van der Waals surface area contributed by atoms with Crippen LogP contribution in [0, 0.1) is 0 Å². The van der Waals surface area contributed by atoms with Gasteiger partial charge in [0.25, 0.3) is 0 Å². The molecule has 0 unspecified atom stereocenters. The van der Waals surface area contributed by atoms with Crippen molar-refractivity contribution in [3.8, 4) is 0 Å². The van der Waals surface area contributed by atoms with Crippen LogP contribution in [0.1, 0.15) is 19.3 Å². The van der Waals surface area contributed by atoms with Crippen molar-refractivity contribution in [3.05, 3.63) is 0 Å². The lowest BCUT2D eigenvalue weighted by molar-refractivity contribution is -0.149. The molecule has 0 aliphatic carbocycles. The molecule has 0 radical (unpaired) electrons. The lowest BCUT2D eigenvalue weighted by Crippen LogP contribution is -2.11. The van der Waals surface area contributed by atoms with Gasteiger partial charge in [-0.3, -0.25) is 4.79 Å². The molecule has 0 aliphatic rings. The van der Waals surface area contributed by atoms with Crippen molar-refractivity contribution in [3.63, 3.8) is 0 Å². The van der Waals surface area contributed by atoms with Gasteiger partial charge in [0.15, 0.2) is 0 Å². The van der Waals surface area contributed by atoms with Gasteiger partial charge in [0.1, 0.15) is 0 Å². The van der Waals surface area contributed by atoms with Crippen LogP contribution in [0.15, 0.2) is 0 Å². The number of carboxylic acid groups (broad SMARTS) is 1. The van der Waals surface area contributed by atoms with E-state index in [1.807, 2.05) is 6.26 Å². The van der Waals surface area contributed by atoms with E-state index in [-0.39, 0.29) is 6.42 Å². The number of carbonyl (C=O) groups excluding carboxylic acids is 1. The Labute approximate surface area is 70.2 Å². The third-order valence-corrected chi connectivity index (χ3v) is 1.94. The van der Waals surface area contributed by atoms with Gasteiger partial charge in [-0.05, 0) is 24.9 Å². The molecule has 0 aromatic carbocycles. The fourth-order valence-electron chi connectivity index (χ4n) is 0.639. The van der Waals surface area contributed by atoms with Crippen molar-refractivity contribution in [1.29, 1.82) is 0 Å². The Balaban J connectivity index is 3.25. The van der Waals surface area contributed by atoms with Crippen LogP contribution < -0.4 is 0 Å². The minimum atomic E-state index is -1.31. The Kier molecular flexibility index (Phi) is 5.93. The molecule has 0 fully saturated rings. The number of hydrogen-bond donors (Lipinski definition) is 1. The summed E-state index contributed by atoms with van der Waals surface area (Å²) in [6.45, 7) is 0. The lowest BCUT2D eigenvalue weighted by atomic mass is 10.2. The zero-order chi connectivity index (χ0) is 8.69. The molecule has 1 N–H and O–H groups in total. The van der Waals surface area contributed by atoms with Crippen LogP contribution in [0.5, 0.6) is 0 Å². The number of unbranched alkanes of at least 4 members (excludes halogenated alkanes) is 1. The van der Waals surface area contributed by atoms with Gasteiger partial charge in [0.05, 0.1) is 0 Å². The second kappa shape index (κ2) is 6.22. The van der Waals surface area contributed by atoms with Gasteiger partial charge in [-0.25, -0.2) is 4.79 Å². The van der Waals surface area contributed by atoms with E-state index in [0.29, 0.717) is 6.42 Å². The highest BCUT2D eigenvalue weighted by Gasteiger charge is 2.09. The third-order valence-electron chi connectivity index (χ3n) is 1.24. The topological polar surface area (TPSA) is 54.4 Å². The van der Waals surface area contributed by atoms with Crippen molar-refractivity contribution in [2.24, 2.45) is 0 Å². The Bertz CT molecular complexity index is 145. The fourth-order valence-corrected chi connectivity index (χ4v) is 1.13. The Hall–Kier alpha value is -0.510. The highest BCUT2D eigenvalue weighted by molar-refractivity contribution is 7.98. The van der Waals surface area contributed by atoms with Gasteiger partial charge in [0, 0.05) is 6.42 Å². The molecule has 4 heteroatoms. The molecule has 0 aliphatic heterocycles. The SMILES string of the molecule is CSCCCCC(=O)C(=O)O. The number of Topliss-reactive ketones (excluding diaryl/α,β-unsaturated/α-hetero) is 1. The second-order valence-electron chi connectivity index (χ2n) is 2.18. The molecule has 0 spiro atoms.